The third-order valence-corrected chi connectivity index (χ3v) is 7.81. The number of aromatic nitrogens is 1. The Balaban J connectivity index is 1.87. The number of aryl methyl sites for hydroxylation is 2. The molecule has 1 aliphatic rings. The molecular weight excluding hydrogens is 444 g/mol. The van der Waals surface area contributed by atoms with Gasteiger partial charge in [0, 0.05) is 41.8 Å². The van der Waals surface area contributed by atoms with Gasteiger partial charge in [0.1, 0.15) is 0 Å². The number of rotatable bonds is 8. The summed E-state index contributed by atoms with van der Waals surface area (Å²) in [5, 5.41) is 2.36. The van der Waals surface area contributed by atoms with E-state index >= 15 is 4.39 Å². The van der Waals surface area contributed by atoms with E-state index in [1.807, 2.05) is 19.2 Å². The Morgan fingerprint density at radius 3 is 2.61 bits per heavy atom. The third-order valence-electron chi connectivity index (χ3n) is 6.88. The molecule has 1 fully saturated rings. The average molecular weight is 480 g/mol. The fourth-order valence-electron chi connectivity index (χ4n) is 4.55. The Hall–Kier alpha value is -2.06. The van der Waals surface area contributed by atoms with Crippen molar-refractivity contribution in [2.75, 3.05) is 13.1 Å². The number of ether oxygens (including phenoxy) is 1. The summed E-state index contributed by atoms with van der Waals surface area (Å²) in [7, 11) is 0. The highest BCUT2D eigenvalue weighted by atomic mass is 32.1. The highest BCUT2D eigenvalue weighted by Crippen LogP contribution is 2.50. The van der Waals surface area contributed by atoms with E-state index in [2.05, 4.69) is 35.1 Å². The number of hydrogen-bond acceptors (Lipinski definition) is 5. The van der Waals surface area contributed by atoms with Crippen molar-refractivity contribution in [3.05, 3.63) is 51.7 Å². The van der Waals surface area contributed by atoms with Crippen LogP contribution in [0.2, 0.25) is 0 Å². The van der Waals surface area contributed by atoms with Crippen LogP contribution >= 0.6 is 11.3 Å². The zero-order chi connectivity index (χ0) is 24.4. The molecule has 0 aromatic carbocycles. The molecule has 1 aliphatic heterocycles. The van der Waals surface area contributed by atoms with Crippen LogP contribution in [0.1, 0.15) is 63.6 Å². The van der Waals surface area contributed by atoms with E-state index in [1.54, 1.807) is 19.9 Å². The topological polar surface area (TPSA) is 54.5 Å². The third kappa shape index (κ3) is 5.72. The molecule has 8 heteroatoms. The predicted molar refractivity (Wildman–Crippen MR) is 127 cm³/mol. The minimum Gasteiger partial charge on any atom is -0.412 e. The predicted octanol–water partition coefficient (Wildman–Crippen LogP) is 5.97. The molecule has 1 N–H and O–H groups in total. The number of halogens is 2. The number of carbonyl (C=O) groups excluding carboxylic acids is 1. The monoisotopic (exact) mass is 479 g/mol. The van der Waals surface area contributed by atoms with Crippen LogP contribution in [0.4, 0.5) is 13.6 Å². The molecule has 0 spiro atoms. The van der Waals surface area contributed by atoms with Crippen molar-refractivity contribution >= 4 is 17.4 Å². The first-order valence-corrected chi connectivity index (χ1v) is 12.3. The standard InChI is InChI=1S/C25H35F2N3O2S/c1-17(2)29-22(31)32-24(6,27)25(12-11-20-9-10-21(26)33-20)13-14-30(16-25)23(4,5)19-8-7-18(3)28-15-19/h7-10,15,17H,11-14,16H2,1-6H3,(H,29,31). The van der Waals surface area contributed by atoms with E-state index in [0.717, 1.165) is 27.5 Å². The number of nitrogens with zero attached hydrogens (tertiary/aromatic N) is 2. The second kappa shape index (κ2) is 9.66. The second-order valence-corrected chi connectivity index (χ2v) is 11.1. The molecule has 182 valence electrons. The first kappa shape index (κ1) is 25.6. The van der Waals surface area contributed by atoms with Crippen LogP contribution < -0.4 is 5.32 Å². The second-order valence-electron chi connectivity index (χ2n) is 10.0. The summed E-state index contributed by atoms with van der Waals surface area (Å²) in [6.45, 7) is 12.2. The van der Waals surface area contributed by atoms with E-state index in [1.165, 1.54) is 13.0 Å². The lowest BCUT2D eigenvalue weighted by molar-refractivity contribution is -0.173. The van der Waals surface area contributed by atoms with Gasteiger partial charge in [-0.25, -0.2) is 4.79 Å². The SMILES string of the molecule is Cc1ccc(C(C)(C)N2CCC(CCc3ccc(F)s3)(C(C)(F)OC(=O)NC(C)C)C2)cn1. The Morgan fingerprint density at radius 1 is 1.30 bits per heavy atom. The number of alkyl carbamates (subject to hydrolysis) is 1. The van der Waals surface area contributed by atoms with Crippen molar-refractivity contribution in [2.24, 2.45) is 5.41 Å². The lowest BCUT2D eigenvalue weighted by atomic mass is 9.75. The highest BCUT2D eigenvalue weighted by Gasteiger charge is 2.57. The van der Waals surface area contributed by atoms with Crippen molar-refractivity contribution < 1.29 is 18.3 Å². The lowest BCUT2D eigenvalue weighted by Crippen LogP contribution is -2.51. The van der Waals surface area contributed by atoms with E-state index in [4.69, 9.17) is 4.74 Å². The molecule has 1 saturated heterocycles. The van der Waals surface area contributed by atoms with Gasteiger partial charge in [0.05, 0.1) is 5.41 Å². The molecule has 2 atom stereocenters. The molecule has 0 aliphatic carbocycles. The van der Waals surface area contributed by atoms with E-state index < -0.39 is 17.4 Å². The van der Waals surface area contributed by atoms with Gasteiger partial charge in [-0.1, -0.05) is 6.07 Å². The molecule has 1 amide bonds. The molecule has 33 heavy (non-hydrogen) atoms. The molecule has 2 aromatic heterocycles. The first-order chi connectivity index (χ1) is 15.3. The number of alkyl halides is 1. The van der Waals surface area contributed by atoms with Gasteiger partial charge in [-0.05, 0) is 84.2 Å². The summed E-state index contributed by atoms with van der Waals surface area (Å²) in [6.07, 6.45) is 2.57. The summed E-state index contributed by atoms with van der Waals surface area (Å²) in [5.74, 6) is -2.20. The smallest absolute Gasteiger partial charge is 0.410 e. The van der Waals surface area contributed by atoms with Crippen molar-refractivity contribution in [1.82, 2.24) is 15.2 Å². The van der Waals surface area contributed by atoms with Gasteiger partial charge in [0.2, 0.25) is 0 Å². The van der Waals surface area contributed by atoms with Gasteiger partial charge < -0.3 is 10.1 Å². The van der Waals surface area contributed by atoms with Crippen LogP contribution in [0.3, 0.4) is 0 Å². The van der Waals surface area contributed by atoms with Crippen molar-refractivity contribution in [2.45, 2.75) is 78.2 Å². The zero-order valence-corrected chi connectivity index (χ0v) is 21.2. The summed E-state index contributed by atoms with van der Waals surface area (Å²) in [4.78, 5) is 19.9. The number of carbonyl (C=O) groups is 1. The molecule has 3 heterocycles. The Morgan fingerprint density at radius 2 is 2.03 bits per heavy atom. The summed E-state index contributed by atoms with van der Waals surface area (Å²) in [5.41, 5.74) is 0.669. The van der Waals surface area contributed by atoms with Crippen molar-refractivity contribution in [3.8, 4) is 0 Å². The van der Waals surface area contributed by atoms with Gasteiger partial charge in [-0.3, -0.25) is 9.88 Å². The van der Waals surface area contributed by atoms with Gasteiger partial charge in [0.25, 0.3) is 5.85 Å². The number of hydrogen-bond donors (Lipinski definition) is 1. The summed E-state index contributed by atoms with van der Waals surface area (Å²) >= 11 is 1.08. The van der Waals surface area contributed by atoms with E-state index in [0.29, 0.717) is 32.4 Å². The van der Waals surface area contributed by atoms with Crippen molar-refractivity contribution in [3.63, 3.8) is 0 Å². The molecule has 0 bridgehead atoms. The maximum Gasteiger partial charge on any atom is 0.410 e. The van der Waals surface area contributed by atoms with Crippen LogP contribution in [-0.4, -0.2) is 41.0 Å². The van der Waals surface area contributed by atoms with Crippen LogP contribution in [0.5, 0.6) is 0 Å². The number of nitrogens with one attached hydrogen (secondary N) is 1. The summed E-state index contributed by atoms with van der Waals surface area (Å²) < 4.78 is 35.2. The van der Waals surface area contributed by atoms with Crippen molar-refractivity contribution in [1.29, 1.82) is 0 Å². The molecule has 5 nitrogen and oxygen atoms in total. The fraction of sp³-hybridized carbons (Fsp3) is 0.600. The largest absolute Gasteiger partial charge is 0.412 e. The average Bonchev–Trinajstić information content (AvgIpc) is 3.33. The lowest BCUT2D eigenvalue weighted by Gasteiger charge is -2.42. The van der Waals surface area contributed by atoms with Gasteiger partial charge in [-0.2, -0.15) is 8.78 Å². The Labute approximate surface area is 199 Å². The summed E-state index contributed by atoms with van der Waals surface area (Å²) in [6, 6.07) is 7.04. The molecule has 0 saturated carbocycles. The quantitative estimate of drug-likeness (QED) is 0.507. The molecule has 0 radical (unpaired) electrons. The van der Waals surface area contributed by atoms with Gasteiger partial charge in [-0.15, -0.1) is 11.3 Å². The van der Waals surface area contributed by atoms with Gasteiger partial charge >= 0.3 is 6.09 Å². The molecule has 2 aromatic rings. The van der Waals surface area contributed by atoms with Crippen LogP contribution in [0.15, 0.2) is 30.5 Å². The van der Waals surface area contributed by atoms with E-state index in [-0.39, 0.29) is 16.7 Å². The fourth-order valence-corrected chi connectivity index (χ4v) is 5.28. The number of likely N-dealkylation sites (tertiary alicyclic amines) is 1. The minimum atomic E-state index is -2.20. The maximum atomic E-state index is 16.3. The zero-order valence-electron chi connectivity index (χ0n) is 20.4. The van der Waals surface area contributed by atoms with Crippen LogP contribution in [-0.2, 0) is 16.7 Å². The highest BCUT2D eigenvalue weighted by molar-refractivity contribution is 7.10. The molecular formula is C25H35F2N3O2S. The first-order valence-electron chi connectivity index (χ1n) is 11.5. The number of amides is 1. The van der Waals surface area contributed by atoms with E-state index in [9.17, 15) is 9.18 Å². The maximum absolute atomic E-state index is 16.3. The Kier molecular flexibility index (Phi) is 7.49. The number of thiophene rings is 1. The number of pyridine rings is 1. The van der Waals surface area contributed by atoms with Gasteiger partial charge in [0.15, 0.2) is 5.13 Å². The van der Waals surface area contributed by atoms with Crippen LogP contribution in [0, 0.1) is 17.5 Å². The molecule has 3 rings (SSSR count). The Bertz CT molecular complexity index is 959. The molecule has 2 unspecified atom stereocenters. The minimum absolute atomic E-state index is 0.161. The van der Waals surface area contributed by atoms with Crippen LogP contribution in [0.25, 0.3) is 0 Å². The normalized spacial score (nSPS) is 21.2.